The van der Waals surface area contributed by atoms with E-state index in [1.54, 1.807) is 24.3 Å². The molecular weight excluding hydrogens is 465 g/mol. The van der Waals surface area contributed by atoms with Crippen molar-refractivity contribution in [2.75, 3.05) is 24.7 Å². The number of rotatable bonds is 10. The molecule has 0 aliphatic carbocycles. The highest BCUT2D eigenvalue weighted by Gasteiger charge is 2.33. The van der Waals surface area contributed by atoms with Gasteiger partial charge in [-0.15, -0.1) is 0 Å². The van der Waals surface area contributed by atoms with E-state index in [4.69, 9.17) is 0 Å². The van der Waals surface area contributed by atoms with E-state index < -0.39 is 27.6 Å². The number of hydrogen-bond donors (Lipinski definition) is 2. The topological polar surface area (TPSA) is 130 Å². The number of benzene rings is 1. The Morgan fingerprint density at radius 1 is 1.24 bits per heavy atom. The summed E-state index contributed by atoms with van der Waals surface area (Å²) in [5.41, 5.74) is 2.21. The molecule has 1 aromatic carbocycles. The summed E-state index contributed by atoms with van der Waals surface area (Å²) < 4.78 is 43.1. The number of esters is 1. The normalized spacial score (nSPS) is 12.4. The molecular formula is C23H30FN3O6S. The van der Waals surface area contributed by atoms with Crippen molar-refractivity contribution in [3.05, 3.63) is 47.4 Å². The van der Waals surface area contributed by atoms with Crippen LogP contribution in [0.15, 0.2) is 30.3 Å². The van der Waals surface area contributed by atoms with Crippen LogP contribution in [0.5, 0.6) is 0 Å². The molecule has 0 spiro atoms. The number of allylic oxidation sites excluding steroid dienone is 1. The molecule has 0 aliphatic heterocycles. The number of halogens is 1. The Bertz CT molecular complexity index is 1150. The quantitative estimate of drug-likeness (QED) is 0.292. The predicted octanol–water partition coefficient (Wildman–Crippen LogP) is 2.84. The summed E-state index contributed by atoms with van der Waals surface area (Å²) in [4.78, 5) is 20.4. The lowest BCUT2D eigenvalue weighted by molar-refractivity contribution is -0.208. The van der Waals surface area contributed by atoms with Crippen LogP contribution in [0, 0.1) is 5.82 Å². The number of sulfonamides is 1. The van der Waals surface area contributed by atoms with Gasteiger partial charge in [-0.25, -0.2) is 31.9 Å². The monoisotopic (exact) mass is 495 g/mol. The van der Waals surface area contributed by atoms with Gasteiger partial charge in [0.05, 0.1) is 24.8 Å². The molecule has 0 fully saturated rings. The van der Waals surface area contributed by atoms with Gasteiger partial charge in [-0.1, -0.05) is 26.0 Å². The first-order valence-electron chi connectivity index (χ1n) is 10.6. The van der Waals surface area contributed by atoms with Crippen molar-refractivity contribution in [3.63, 3.8) is 0 Å². The first-order valence-corrected chi connectivity index (χ1v) is 12.4. The second kappa shape index (κ2) is 11.0. The standard InChI is InChI=1S/C23H30FN3O6S/c1-15(2)19-18(9-7-6-8-14-23(29,30)21(28)33-4)20(16-10-12-17(24)13-11-16)26-22(25-19)27(3)34(5,31)32/h7,9-13,15,29-30H,6,8,14H2,1-5H3/b9-7+. The maximum Gasteiger partial charge on any atom is 0.366 e. The number of ether oxygens (including phenoxy) is 1. The molecule has 2 aromatic rings. The van der Waals surface area contributed by atoms with Gasteiger partial charge in [0, 0.05) is 24.6 Å². The third kappa shape index (κ3) is 6.81. The predicted molar refractivity (Wildman–Crippen MR) is 127 cm³/mol. The zero-order valence-electron chi connectivity index (χ0n) is 19.8. The van der Waals surface area contributed by atoms with E-state index in [1.165, 1.54) is 19.2 Å². The molecule has 34 heavy (non-hydrogen) atoms. The van der Waals surface area contributed by atoms with Crippen LogP contribution >= 0.6 is 0 Å². The van der Waals surface area contributed by atoms with Crippen molar-refractivity contribution >= 4 is 28.0 Å². The number of hydrogen-bond acceptors (Lipinski definition) is 8. The number of aliphatic hydroxyl groups is 2. The highest BCUT2D eigenvalue weighted by molar-refractivity contribution is 7.92. The Hall–Kier alpha value is -2.89. The van der Waals surface area contributed by atoms with Crippen molar-refractivity contribution in [3.8, 4) is 11.3 Å². The molecule has 0 amide bonds. The molecule has 1 aromatic heterocycles. The van der Waals surface area contributed by atoms with Crippen LogP contribution in [-0.2, 0) is 19.6 Å². The summed E-state index contributed by atoms with van der Waals surface area (Å²) in [6.07, 6.45) is 5.02. The minimum atomic E-state index is -3.62. The van der Waals surface area contributed by atoms with Gasteiger partial charge in [-0.3, -0.25) is 0 Å². The Kier molecular flexibility index (Phi) is 8.87. The van der Waals surface area contributed by atoms with E-state index in [1.807, 2.05) is 13.8 Å². The van der Waals surface area contributed by atoms with Crippen LogP contribution in [0.3, 0.4) is 0 Å². The smallest absolute Gasteiger partial charge is 0.366 e. The molecule has 2 rings (SSSR count). The molecule has 0 atom stereocenters. The average Bonchev–Trinajstić information content (AvgIpc) is 2.77. The lowest BCUT2D eigenvalue weighted by Crippen LogP contribution is -2.39. The number of unbranched alkanes of at least 4 members (excludes halogenated alkanes) is 1. The van der Waals surface area contributed by atoms with Crippen molar-refractivity contribution in [1.82, 2.24) is 9.97 Å². The molecule has 0 bridgehead atoms. The molecule has 2 N–H and O–H groups in total. The summed E-state index contributed by atoms with van der Waals surface area (Å²) in [5.74, 6) is -4.22. The van der Waals surface area contributed by atoms with Gasteiger partial charge in [0.1, 0.15) is 5.82 Å². The minimum Gasteiger partial charge on any atom is -0.465 e. The molecule has 0 radical (unpaired) electrons. The summed E-state index contributed by atoms with van der Waals surface area (Å²) in [6.45, 7) is 3.81. The molecule has 0 unspecified atom stereocenters. The van der Waals surface area contributed by atoms with E-state index in [0.717, 1.165) is 17.7 Å². The Morgan fingerprint density at radius 2 is 1.85 bits per heavy atom. The highest BCUT2D eigenvalue weighted by Crippen LogP contribution is 2.31. The summed E-state index contributed by atoms with van der Waals surface area (Å²) >= 11 is 0. The van der Waals surface area contributed by atoms with Crippen LogP contribution in [0.25, 0.3) is 17.3 Å². The number of carbonyl (C=O) groups excluding carboxylic acids is 1. The molecule has 0 saturated heterocycles. The fraction of sp³-hybridized carbons (Fsp3) is 0.435. The second-order valence-electron chi connectivity index (χ2n) is 8.17. The summed E-state index contributed by atoms with van der Waals surface area (Å²) in [5, 5.41) is 19.5. The fourth-order valence-corrected chi connectivity index (χ4v) is 3.51. The third-order valence-electron chi connectivity index (χ3n) is 5.10. The largest absolute Gasteiger partial charge is 0.465 e. The molecule has 0 aliphatic rings. The number of anilines is 1. The van der Waals surface area contributed by atoms with Crippen LogP contribution in [-0.4, -0.2) is 60.8 Å². The number of carbonyl (C=O) groups is 1. The van der Waals surface area contributed by atoms with Crippen LogP contribution in [0.2, 0.25) is 0 Å². The maximum absolute atomic E-state index is 13.5. The van der Waals surface area contributed by atoms with Crippen molar-refractivity contribution < 1.29 is 32.6 Å². The van der Waals surface area contributed by atoms with E-state index in [0.29, 0.717) is 28.9 Å². The number of methoxy groups -OCH3 is 1. The average molecular weight is 496 g/mol. The first-order chi connectivity index (χ1) is 15.8. The SMILES string of the molecule is COC(=O)C(O)(O)CCC/C=C/c1c(-c2ccc(F)cc2)nc(N(C)S(C)(=O)=O)nc1C(C)C. The van der Waals surface area contributed by atoms with Gasteiger partial charge in [-0.05, 0) is 43.0 Å². The van der Waals surface area contributed by atoms with E-state index in [-0.39, 0.29) is 24.7 Å². The lowest BCUT2D eigenvalue weighted by atomic mass is 9.97. The van der Waals surface area contributed by atoms with Gasteiger partial charge in [-0.2, -0.15) is 0 Å². The third-order valence-corrected chi connectivity index (χ3v) is 6.26. The Balaban J connectivity index is 2.49. The molecule has 0 saturated carbocycles. The van der Waals surface area contributed by atoms with Gasteiger partial charge in [0.25, 0.3) is 5.79 Å². The second-order valence-corrected chi connectivity index (χ2v) is 10.2. The maximum atomic E-state index is 13.5. The fourth-order valence-electron chi connectivity index (χ4n) is 3.13. The highest BCUT2D eigenvalue weighted by atomic mass is 32.2. The van der Waals surface area contributed by atoms with Crippen LogP contribution in [0.4, 0.5) is 10.3 Å². The van der Waals surface area contributed by atoms with Gasteiger partial charge < -0.3 is 14.9 Å². The molecule has 9 nitrogen and oxygen atoms in total. The molecule has 11 heteroatoms. The Morgan fingerprint density at radius 3 is 2.38 bits per heavy atom. The van der Waals surface area contributed by atoms with Crippen LogP contribution in [0.1, 0.15) is 50.3 Å². The van der Waals surface area contributed by atoms with Crippen LogP contribution < -0.4 is 4.31 Å². The van der Waals surface area contributed by atoms with E-state index in [2.05, 4.69) is 14.7 Å². The Labute approximate surface area is 199 Å². The molecule has 186 valence electrons. The van der Waals surface area contributed by atoms with Crippen molar-refractivity contribution in [1.29, 1.82) is 0 Å². The summed E-state index contributed by atoms with van der Waals surface area (Å²) in [7, 11) is -1.19. The van der Waals surface area contributed by atoms with Gasteiger partial charge in [0.15, 0.2) is 0 Å². The molecule has 1 heterocycles. The number of aromatic nitrogens is 2. The zero-order valence-corrected chi connectivity index (χ0v) is 20.6. The minimum absolute atomic E-state index is 0.00824. The summed E-state index contributed by atoms with van der Waals surface area (Å²) in [6, 6.07) is 5.67. The van der Waals surface area contributed by atoms with Crippen molar-refractivity contribution in [2.24, 2.45) is 0 Å². The van der Waals surface area contributed by atoms with E-state index >= 15 is 0 Å². The number of nitrogens with zero attached hydrogens (tertiary/aromatic N) is 3. The van der Waals surface area contributed by atoms with Crippen molar-refractivity contribution in [2.45, 2.75) is 44.8 Å². The van der Waals surface area contributed by atoms with Gasteiger partial charge >= 0.3 is 5.97 Å². The van der Waals surface area contributed by atoms with E-state index in [9.17, 15) is 27.8 Å². The zero-order chi connectivity index (χ0) is 25.7. The lowest BCUT2D eigenvalue weighted by Gasteiger charge is -2.20. The first kappa shape index (κ1) is 27.4. The van der Waals surface area contributed by atoms with Gasteiger partial charge in [0.2, 0.25) is 16.0 Å².